The molecule has 1 aliphatic rings. The molecule has 76 valence electrons. The summed E-state index contributed by atoms with van der Waals surface area (Å²) in [5, 5.41) is 3.38. The lowest BCUT2D eigenvalue weighted by Gasteiger charge is -2.08. The van der Waals surface area contributed by atoms with Crippen LogP contribution in [0.1, 0.15) is 13.3 Å². The molecule has 0 saturated carbocycles. The first kappa shape index (κ1) is 9.77. The topological polar surface area (TPSA) is 12.0 Å². The van der Waals surface area contributed by atoms with Crippen LogP contribution in [0.4, 0.5) is 14.5 Å². The van der Waals surface area contributed by atoms with Crippen LogP contribution in [-0.2, 0) is 0 Å². The molecule has 1 aliphatic heterocycles. The van der Waals surface area contributed by atoms with Gasteiger partial charge in [-0.15, -0.1) is 11.8 Å². The molecule has 14 heavy (non-hydrogen) atoms. The zero-order valence-electron chi connectivity index (χ0n) is 7.81. The minimum Gasteiger partial charge on any atom is -0.382 e. The second kappa shape index (κ2) is 3.77. The van der Waals surface area contributed by atoms with E-state index in [1.165, 1.54) is 17.8 Å². The summed E-state index contributed by atoms with van der Waals surface area (Å²) in [6.07, 6.45) is 0.959. The maximum atomic E-state index is 13.3. The number of nitrogens with one attached hydrogen (secondary N) is 1. The molecule has 0 saturated heterocycles. The van der Waals surface area contributed by atoms with Crippen molar-refractivity contribution in [1.29, 1.82) is 0 Å². The Labute approximate surface area is 85.9 Å². The van der Waals surface area contributed by atoms with Crippen LogP contribution >= 0.6 is 11.8 Å². The van der Waals surface area contributed by atoms with Crippen molar-refractivity contribution >= 4 is 17.4 Å². The zero-order chi connectivity index (χ0) is 10.1. The summed E-state index contributed by atoms with van der Waals surface area (Å²) in [5.74, 6) is -1.01. The predicted molar refractivity (Wildman–Crippen MR) is 54.8 cm³/mol. The van der Waals surface area contributed by atoms with Crippen LogP contribution in [0.2, 0.25) is 0 Å². The highest BCUT2D eigenvalue weighted by Gasteiger charge is 2.17. The van der Waals surface area contributed by atoms with Crippen molar-refractivity contribution in [3.8, 4) is 0 Å². The maximum Gasteiger partial charge on any atom is 0.150 e. The summed E-state index contributed by atoms with van der Waals surface area (Å²) >= 11 is 1.52. The van der Waals surface area contributed by atoms with E-state index in [1.807, 2.05) is 0 Å². The second-order valence-electron chi connectivity index (χ2n) is 3.40. The molecule has 1 unspecified atom stereocenters. The van der Waals surface area contributed by atoms with Gasteiger partial charge in [0.25, 0.3) is 0 Å². The molecule has 0 radical (unpaired) electrons. The number of anilines is 1. The highest BCUT2D eigenvalue weighted by molar-refractivity contribution is 8.00. The van der Waals surface area contributed by atoms with Crippen LogP contribution in [0.15, 0.2) is 17.0 Å². The quantitative estimate of drug-likeness (QED) is 0.713. The van der Waals surface area contributed by atoms with E-state index in [4.69, 9.17) is 0 Å². The second-order valence-corrected chi connectivity index (χ2v) is 4.88. The van der Waals surface area contributed by atoms with Gasteiger partial charge in [0.05, 0.1) is 5.69 Å². The molecular formula is C10H11F2NS. The van der Waals surface area contributed by atoms with Crippen molar-refractivity contribution in [2.45, 2.75) is 23.5 Å². The number of benzene rings is 1. The molecule has 0 aliphatic carbocycles. The van der Waals surface area contributed by atoms with Gasteiger partial charge in [0, 0.05) is 22.8 Å². The molecule has 0 bridgehead atoms. The van der Waals surface area contributed by atoms with Crippen molar-refractivity contribution in [2.24, 2.45) is 0 Å². The molecule has 1 heterocycles. The van der Waals surface area contributed by atoms with E-state index in [2.05, 4.69) is 12.2 Å². The van der Waals surface area contributed by atoms with Gasteiger partial charge >= 0.3 is 0 Å². The van der Waals surface area contributed by atoms with Crippen LogP contribution in [0.5, 0.6) is 0 Å². The molecule has 0 fully saturated rings. The lowest BCUT2D eigenvalue weighted by atomic mass is 10.2. The normalized spacial score (nSPS) is 20.9. The van der Waals surface area contributed by atoms with E-state index in [-0.39, 0.29) is 0 Å². The number of hydrogen-bond donors (Lipinski definition) is 1. The van der Waals surface area contributed by atoms with Gasteiger partial charge in [0.1, 0.15) is 11.6 Å². The highest BCUT2D eigenvalue weighted by Crippen LogP contribution is 2.36. The van der Waals surface area contributed by atoms with Gasteiger partial charge in [-0.05, 0) is 12.5 Å². The fraction of sp³-hybridized carbons (Fsp3) is 0.400. The minimum atomic E-state index is -0.510. The van der Waals surface area contributed by atoms with Gasteiger partial charge < -0.3 is 5.32 Å². The van der Waals surface area contributed by atoms with E-state index in [9.17, 15) is 8.78 Å². The van der Waals surface area contributed by atoms with Gasteiger partial charge in [-0.2, -0.15) is 0 Å². The van der Waals surface area contributed by atoms with Crippen molar-refractivity contribution in [3.05, 3.63) is 23.8 Å². The number of thioether (sulfide) groups is 1. The summed E-state index contributed by atoms with van der Waals surface area (Å²) < 4.78 is 26.3. The Hall–Kier alpha value is -0.770. The average molecular weight is 215 g/mol. The van der Waals surface area contributed by atoms with Crippen molar-refractivity contribution < 1.29 is 8.78 Å². The summed E-state index contributed by atoms with van der Waals surface area (Å²) in [6, 6.07) is 2.31. The Morgan fingerprint density at radius 3 is 3.00 bits per heavy atom. The van der Waals surface area contributed by atoms with Gasteiger partial charge in [0.15, 0.2) is 0 Å². The first-order valence-corrected chi connectivity index (χ1v) is 5.44. The fourth-order valence-electron chi connectivity index (χ4n) is 1.49. The van der Waals surface area contributed by atoms with Crippen LogP contribution in [0, 0.1) is 11.6 Å². The summed E-state index contributed by atoms with van der Waals surface area (Å²) in [7, 11) is 0. The summed E-state index contributed by atoms with van der Waals surface area (Å²) in [5.41, 5.74) is 0.445. The van der Waals surface area contributed by atoms with Crippen molar-refractivity contribution in [3.63, 3.8) is 0 Å². The fourth-order valence-corrected chi connectivity index (χ4v) is 2.63. The lowest BCUT2D eigenvalue weighted by Crippen LogP contribution is -2.04. The smallest absolute Gasteiger partial charge is 0.150 e. The van der Waals surface area contributed by atoms with E-state index < -0.39 is 11.6 Å². The number of halogens is 2. The Morgan fingerprint density at radius 2 is 2.21 bits per heavy atom. The van der Waals surface area contributed by atoms with Crippen LogP contribution in [-0.4, -0.2) is 11.8 Å². The molecule has 0 amide bonds. The molecule has 1 nitrogen and oxygen atoms in total. The third-order valence-electron chi connectivity index (χ3n) is 2.20. The first-order chi connectivity index (χ1) is 6.66. The van der Waals surface area contributed by atoms with Gasteiger partial charge in [0.2, 0.25) is 0 Å². The molecule has 0 spiro atoms. The van der Waals surface area contributed by atoms with Crippen LogP contribution in [0.3, 0.4) is 0 Å². The first-order valence-electron chi connectivity index (χ1n) is 4.56. The van der Waals surface area contributed by atoms with Crippen LogP contribution < -0.4 is 5.32 Å². The Bertz CT molecular complexity index is 354. The third-order valence-corrected chi connectivity index (χ3v) is 3.41. The molecule has 0 aromatic heterocycles. The molecule has 1 aromatic carbocycles. The maximum absolute atomic E-state index is 13.3. The third kappa shape index (κ3) is 1.85. The largest absolute Gasteiger partial charge is 0.382 e. The molecule has 1 atom stereocenters. The SMILES string of the molecule is CC1CCNc2c(F)cc(F)cc2S1. The molecule has 2 rings (SSSR count). The van der Waals surface area contributed by atoms with Gasteiger partial charge in [-0.1, -0.05) is 6.92 Å². The van der Waals surface area contributed by atoms with Gasteiger partial charge in [-0.25, -0.2) is 8.78 Å². The van der Waals surface area contributed by atoms with Gasteiger partial charge in [-0.3, -0.25) is 0 Å². The lowest BCUT2D eigenvalue weighted by molar-refractivity contribution is 0.580. The summed E-state index contributed by atoms with van der Waals surface area (Å²) in [4.78, 5) is 0.674. The summed E-state index contributed by atoms with van der Waals surface area (Å²) in [6.45, 7) is 2.80. The molecule has 1 N–H and O–H groups in total. The van der Waals surface area contributed by atoms with Crippen molar-refractivity contribution in [2.75, 3.05) is 11.9 Å². The van der Waals surface area contributed by atoms with E-state index in [0.29, 0.717) is 15.8 Å². The number of hydrogen-bond acceptors (Lipinski definition) is 2. The monoisotopic (exact) mass is 215 g/mol. The predicted octanol–water partition coefficient (Wildman–Crippen LogP) is 3.26. The Balaban J connectivity index is 2.45. The highest BCUT2D eigenvalue weighted by atomic mass is 32.2. The minimum absolute atomic E-state index is 0.393. The Morgan fingerprint density at radius 1 is 1.43 bits per heavy atom. The number of fused-ring (bicyclic) bond motifs is 1. The number of rotatable bonds is 0. The Kier molecular flexibility index (Phi) is 2.63. The molecular weight excluding hydrogens is 204 g/mol. The van der Waals surface area contributed by atoms with E-state index in [0.717, 1.165) is 19.0 Å². The van der Waals surface area contributed by atoms with Crippen LogP contribution in [0.25, 0.3) is 0 Å². The molecule has 4 heteroatoms. The van der Waals surface area contributed by atoms with Crippen molar-refractivity contribution in [1.82, 2.24) is 0 Å². The molecule has 1 aromatic rings. The van der Waals surface area contributed by atoms with E-state index >= 15 is 0 Å². The van der Waals surface area contributed by atoms with E-state index in [1.54, 1.807) is 0 Å². The average Bonchev–Trinajstić information content (AvgIpc) is 2.25. The zero-order valence-corrected chi connectivity index (χ0v) is 8.63. The standard InChI is InChI=1S/C10H11F2NS/c1-6-2-3-13-10-8(12)4-7(11)5-9(10)14-6/h4-6,13H,2-3H2,1H3.